The summed E-state index contributed by atoms with van der Waals surface area (Å²) >= 11 is 0. The van der Waals surface area contributed by atoms with Crippen molar-refractivity contribution >= 4 is 0 Å². The van der Waals surface area contributed by atoms with Gasteiger partial charge in [-0.1, -0.05) is 44.0 Å². The fraction of sp³-hybridized carbons (Fsp3) is 0.647. The van der Waals surface area contributed by atoms with E-state index < -0.39 is 0 Å². The molecular weight excluding hydrogens is 234 g/mol. The molecule has 2 heteroatoms. The lowest BCUT2D eigenvalue weighted by Crippen LogP contribution is -2.31. The summed E-state index contributed by atoms with van der Waals surface area (Å²) in [5.74, 6) is 0.811. The summed E-state index contributed by atoms with van der Waals surface area (Å²) in [5, 5.41) is 3.60. The molecule has 2 atom stereocenters. The van der Waals surface area contributed by atoms with Crippen LogP contribution in [-0.4, -0.2) is 19.3 Å². The second kappa shape index (κ2) is 6.06. The Morgan fingerprint density at radius 1 is 1.21 bits per heavy atom. The molecule has 104 valence electrons. The lowest BCUT2D eigenvalue weighted by Gasteiger charge is -2.23. The number of hydrogen-bond donors (Lipinski definition) is 1. The van der Waals surface area contributed by atoms with Crippen molar-refractivity contribution in [2.75, 3.05) is 13.2 Å². The molecule has 1 aromatic rings. The molecule has 0 heterocycles. The van der Waals surface area contributed by atoms with E-state index in [1.165, 1.54) is 36.8 Å². The summed E-state index contributed by atoms with van der Waals surface area (Å²) in [7, 11) is 0. The number of fused-ring (bicyclic) bond motifs is 1. The van der Waals surface area contributed by atoms with Crippen molar-refractivity contribution in [1.82, 2.24) is 5.32 Å². The van der Waals surface area contributed by atoms with Gasteiger partial charge in [-0.25, -0.2) is 0 Å². The Bertz CT molecular complexity index is 411. The average molecular weight is 259 g/mol. The molecule has 2 aliphatic rings. The SMILES string of the molecule is CCNC1c2ccccc2CC1OCC1CCCC1. The highest BCUT2D eigenvalue weighted by Crippen LogP contribution is 2.34. The number of benzene rings is 1. The van der Waals surface area contributed by atoms with E-state index in [9.17, 15) is 0 Å². The molecule has 2 unspecified atom stereocenters. The van der Waals surface area contributed by atoms with Gasteiger partial charge in [-0.2, -0.15) is 0 Å². The van der Waals surface area contributed by atoms with E-state index in [0.717, 1.165) is 25.5 Å². The van der Waals surface area contributed by atoms with Crippen molar-refractivity contribution in [3.05, 3.63) is 35.4 Å². The van der Waals surface area contributed by atoms with Crippen molar-refractivity contribution in [1.29, 1.82) is 0 Å². The van der Waals surface area contributed by atoms with Crippen molar-refractivity contribution in [2.24, 2.45) is 5.92 Å². The van der Waals surface area contributed by atoms with E-state index in [1.807, 2.05) is 0 Å². The Hall–Kier alpha value is -0.860. The van der Waals surface area contributed by atoms with Crippen LogP contribution in [0, 0.1) is 5.92 Å². The molecule has 0 aliphatic heterocycles. The second-order valence-electron chi connectivity index (χ2n) is 5.96. The van der Waals surface area contributed by atoms with E-state index >= 15 is 0 Å². The number of nitrogens with one attached hydrogen (secondary N) is 1. The summed E-state index contributed by atoms with van der Waals surface area (Å²) in [5.41, 5.74) is 2.91. The molecule has 0 saturated heterocycles. The topological polar surface area (TPSA) is 21.3 Å². The minimum Gasteiger partial charge on any atom is -0.376 e. The number of rotatable bonds is 5. The standard InChI is InChI=1S/C17H25NO/c1-2-18-17-15-10-6-5-9-14(15)11-16(17)19-12-13-7-3-4-8-13/h5-6,9-10,13,16-18H,2-4,7-8,11-12H2,1H3. The first kappa shape index (κ1) is 13.1. The third kappa shape index (κ3) is 2.85. The molecule has 2 aliphatic carbocycles. The van der Waals surface area contributed by atoms with E-state index in [-0.39, 0.29) is 0 Å². The van der Waals surface area contributed by atoms with Crippen LogP contribution in [0.5, 0.6) is 0 Å². The third-order valence-corrected chi connectivity index (χ3v) is 4.63. The van der Waals surface area contributed by atoms with Gasteiger partial charge in [0.2, 0.25) is 0 Å². The minimum absolute atomic E-state index is 0.331. The monoisotopic (exact) mass is 259 g/mol. The maximum atomic E-state index is 6.27. The van der Waals surface area contributed by atoms with Gasteiger partial charge in [0.1, 0.15) is 0 Å². The van der Waals surface area contributed by atoms with E-state index in [0.29, 0.717) is 12.1 Å². The molecule has 0 spiro atoms. The fourth-order valence-electron chi connectivity index (χ4n) is 3.61. The van der Waals surface area contributed by atoms with Crippen LogP contribution in [-0.2, 0) is 11.2 Å². The quantitative estimate of drug-likeness (QED) is 0.874. The molecular formula is C17H25NO. The Morgan fingerprint density at radius 3 is 2.79 bits per heavy atom. The minimum atomic E-state index is 0.331. The van der Waals surface area contributed by atoms with E-state index in [2.05, 4.69) is 36.5 Å². The molecule has 0 amide bonds. The molecule has 1 fully saturated rings. The van der Waals surface area contributed by atoms with Crippen LogP contribution in [0.1, 0.15) is 49.8 Å². The molecule has 0 radical (unpaired) electrons. The van der Waals surface area contributed by atoms with Gasteiger partial charge in [-0.3, -0.25) is 0 Å². The number of likely N-dealkylation sites (N-methyl/N-ethyl adjacent to an activating group) is 1. The van der Waals surface area contributed by atoms with Gasteiger partial charge in [-0.15, -0.1) is 0 Å². The Balaban J connectivity index is 1.64. The smallest absolute Gasteiger partial charge is 0.0810 e. The third-order valence-electron chi connectivity index (χ3n) is 4.63. The first-order valence-electron chi connectivity index (χ1n) is 7.81. The van der Waals surface area contributed by atoms with Crippen LogP contribution < -0.4 is 5.32 Å². The molecule has 1 aromatic carbocycles. The van der Waals surface area contributed by atoms with Gasteiger partial charge in [0.25, 0.3) is 0 Å². The second-order valence-corrected chi connectivity index (χ2v) is 5.96. The van der Waals surface area contributed by atoms with Crippen LogP contribution in [0.4, 0.5) is 0 Å². The maximum absolute atomic E-state index is 6.27. The van der Waals surface area contributed by atoms with Gasteiger partial charge in [-0.05, 0) is 36.4 Å². The molecule has 2 nitrogen and oxygen atoms in total. The fourth-order valence-corrected chi connectivity index (χ4v) is 3.61. The zero-order valence-corrected chi connectivity index (χ0v) is 11.9. The highest BCUT2D eigenvalue weighted by atomic mass is 16.5. The summed E-state index contributed by atoms with van der Waals surface area (Å²) in [6.45, 7) is 4.14. The molecule has 3 rings (SSSR count). The van der Waals surface area contributed by atoms with Crippen molar-refractivity contribution in [2.45, 2.75) is 51.2 Å². The lowest BCUT2D eigenvalue weighted by atomic mass is 10.1. The van der Waals surface area contributed by atoms with Gasteiger partial charge in [0, 0.05) is 13.0 Å². The number of hydrogen-bond acceptors (Lipinski definition) is 2. The first-order chi connectivity index (χ1) is 9.38. The van der Waals surface area contributed by atoms with Crippen molar-refractivity contribution in [3.63, 3.8) is 0 Å². The largest absolute Gasteiger partial charge is 0.376 e. The van der Waals surface area contributed by atoms with Crippen LogP contribution in [0.15, 0.2) is 24.3 Å². The summed E-state index contributed by atoms with van der Waals surface area (Å²) in [4.78, 5) is 0. The number of ether oxygens (including phenoxy) is 1. The average Bonchev–Trinajstić information content (AvgIpc) is 3.05. The van der Waals surface area contributed by atoms with Gasteiger partial charge < -0.3 is 10.1 Å². The highest BCUT2D eigenvalue weighted by Gasteiger charge is 2.32. The Labute approximate surface area is 116 Å². The van der Waals surface area contributed by atoms with Crippen molar-refractivity contribution < 1.29 is 4.74 Å². The Kier molecular flexibility index (Phi) is 4.19. The highest BCUT2D eigenvalue weighted by molar-refractivity contribution is 5.36. The maximum Gasteiger partial charge on any atom is 0.0810 e. The summed E-state index contributed by atoms with van der Waals surface area (Å²) in [6.07, 6.45) is 6.93. The Morgan fingerprint density at radius 2 is 2.00 bits per heavy atom. The van der Waals surface area contributed by atoms with Crippen molar-refractivity contribution in [3.8, 4) is 0 Å². The van der Waals surface area contributed by atoms with Crippen LogP contribution >= 0.6 is 0 Å². The predicted octanol–water partition coefficient (Wildman–Crippen LogP) is 3.47. The van der Waals surface area contributed by atoms with Gasteiger partial charge in [0.05, 0.1) is 12.1 Å². The molecule has 1 saturated carbocycles. The normalized spacial score (nSPS) is 26.8. The van der Waals surface area contributed by atoms with Gasteiger partial charge >= 0.3 is 0 Å². The zero-order chi connectivity index (χ0) is 13.1. The van der Waals surface area contributed by atoms with E-state index in [4.69, 9.17) is 4.74 Å². The zero-order valence-electron chi connectivity index (χ0n) is 11.9. The van der Waals surface area contributed by atoms with E-state index in [1.54, 1.807) is 0 Å². The summed E-state index contributed by atoms with van der Waals surface area (Å²) in [6, 6.07) is 9.17. The lowest BCUT2D eigenvalue weighted by molar-refractivity contribution is 0.0147. The van der Waals surface area contributed by atoms with Gasteiger partial charge in [0.15, 0.2) is 0 Å². The first-order valence-corrected chi connectivity index (χ1v) is 7.81. The molecule has 0 aromatic heterocycles. The van der Waals surface area contributed by atoms with Crippen LogP contribution in [0.3, 0.4) is 0 Å². The molecule has 1 N–H and O–H groups in total. The molecule has 19 heavy (non-hydrogen) atoms. The van der Waals surface area contributed by atoms with Crippen LogP contribution in [0.2, 0.25) is 0 Å². The van der Waals surface area contributed by atoms with Crippen LogP contribution in [0.25, 0.3) is 0 Å². The predicted molar refractivity (Wildman–Crippen MR) is 78.3 cm³/mol. The molecule has 0 bridgehead atoms. The summed E-state index contributed by atoms with van der Waals surface area (Å²) < 4.78 is 6.27.